The molecule has 1 aromatic heterocycles. The molecule has 2 rings (SSSR count). The SMILES string of the molecule is CCc1ccc2c(CSCC(=O)N[C@@H](C)C(C)C)cc(=O)oc2c1. The Kier molecular flexibility index (Phi) is 6.49. The maximum Gasteiger partial charge on any atom is 0.336 e. The van der Waals surface area contributed by atoms with E-state index < -0.39 is 0 Å². The topological polar surface area (TPSA) is 59.3 Å². The number of thioether (sulfide) groups is 1. The summed E-state index contributed by atoms with van der Waals surface area (Å²) in [6.07, 6.45) is 0.896. The van der Waals surface area contributed by atoms with Crippen LogP contribution in [0.2, 0.25) is 0 Å². The number of nitrogens with one attached hydrogen (secondary N) is 1. The zero-order valence-electron chi connectivity index (χ0n) is 14.7. The van der Waals surface area contributed by atoms with E-state index in [-0.39, 0.29) is 17.6 Å². The lowest BCUT2D eigenvalue weighted by Gasteiger charge is -2.17. The number of aryl methyl sites for hydroxylation is 1. The highest BCUT2D eigenvalue weighted by atomic mass is 32.2. The Labute approximate surface area is 147 Å². The normalized spacial score (nSPS) is 12.5. The van der Waals surface area contributed by atoms with Gasteiger partial charge in [0.05, 0.1) is 5.75 Å². The Hall–Kier alpha value is -1.75. The molecule has 0 unspecified atom stereocenters. The van der Waals surface area contributed by atoms with Gasteiger partial charge in [0.15, 0.2) is 0 Å². The minimum atomic E-state index is -0.343. The van der Waals surface area contributed by atoms with Gasteiger partial charge in [-0.05, 0) is 36.5 Å². The van der Waals surface area contributed by atoms with Gasteiger partial charge in [-0.25, -0.2) is 4.79 Å². The molecule has 24 heavy (non-hydrogen) atoms. The molecule has 0 aliphatic carbocycles. The lowest BCUT2D eigenvalue weighted by atomic mass is 10.1. The minimum Gasteiger partial charge on any atom is -0.423 e. The van der Waals surface area contributed by atoms with Crippen molar-refractivity contribution in [3.8, 4) is 0 Å². The van der Waals surface area contributed by atoms with E-state index in [4.69, 9.17) is 4.42 Å². The first kappa shape index (κ1) is 18.6. The zero-order valence-corrected chi connectivity index (χ0v) is 15.5. The van der Waals surface area contributed by atoms with Crippen molar-refractivity contribution in [2.45, 2.75) is 45.9 Å². The molecule has 1 atom stereocenters. The van der Waals surface area contributed by atoms with Gasteiger partial charge in [-0.2, -0.15) is 0 Å². The van der Waals surface area contributed by atoms with Crippen LogP contribution in [0.4, 0.5) is 0 Å². The first-order valence-electron chi connectivity index (χ1n) is 8.33. The summed E-state index contributed by atoms with van der Waals surface area (Å²) >= 11 is 1.51. The predicted molar refractivity (Wildman–Crippen MR) is 100 cm³/mol. The molecule has 130 valence electrons. The van der Waals surface area contributed by atoms with E-state index in [2.05, 4.69) is 26.1 Å². The Balaban J connectivity index is 2.05. The van der Waals surface area contributed by atoms with E-state index >= 15 is 0 Å². The van der Waals surface area contributed by atoms with Gasteiger partial charge in [0.2, 0.25) is 5.91 Å². The second kappa shape index (κ2) is 8.38. The van der Waals surface area contributed by atoms with Crippen LogP contribution in [0.3, 0.4) is 0 Å². The summed E-state index contributed by atoms with van der Waals surface area (Å²) in [5.74, 6) is 1.43. The molecular formula is C19H25NO3S. The maximum absolute atomic E-state index is 11.9. The highest BCUT2D eigenvalue weighted by Crippen LogP contribution is 2.22. The Bertz CT molecular complexity index is 767. The van der Waals surface area contributed by atoms with E-state index in [9.17, 15) is 9.59 Å². The van der Waals surface area contributed by atoms with Crippen molar-refractivity contribution in [2.75, 3.05) is 5.75 Å². The Morgan fingerprint density at radius 3 is 2.67 bits per heavy atom. The number of benzene rings is 1. The maximum atomic E-state index is 11.9. The predicted octanol–water partition coefficient (Wildman–Crippen LogP) is 3.75. The molecule has 0 spiro atoms. The Morgan fingerprint density at radius 2 is 2.00 bits per heavy atom. The number of amides is 1. The lowest BCUT2D eigenvalue weighted by Crippen LogP contribution is -2.37. The van der Waals surface area contributed by atoms with Crippen LogP contribution in [0.15, 0.2) is 33.5 Å². The van der Waals surface area contributed by atoms with Crippen molar-refractivity contribution in [1.82, 2.24) is 5.32 Å². The number of fused-ring (bicyclic) bond motifs is 1. The quantitative estimate of drug-likeness (QED) is 0.775. The average molecular weight is 347 g/mol. The average Bonchev–Trinajstić information content (AvgIpc) is 2.53. The van der Waals surface area contributed by atoms with Crippen LogP contribution in [0.25, 0.3) is 11.0 Å². The van der Waals surface area contributed by atoms with E-state index in [1.165, 1.54) is 17.8 Å². The molecular weight excluding hydrogens is 322 g/mol. The zero-order chi connectivity index (χ0) is 17.7. The highest BCUT2D eigenvalue weighted by molar-refractivity contribution is 7.99. The summed E-state index contributed by atoms with van der Waals surface area (Å²) in [6, 6.07) is 7.65. The molecule has 1 aromatic carbocycles. The molecule has 2 aromatic rings. The fraction of sp³-hybridized carbons (Fsp3) is 0.474. The molecule has 1 N–H and O–H groups in total. The van der Waals surface area contributed by atoms with Gasteiger partial charge in [0.1, 0.15) is 5.58 Å². The van der Waals surface area contributed by atoms with Crippen molar-refractivity contribution in [2.24, 2.45) is 5.92 Å². The Morgan fingerprint density at radius 1 is 1.25 bits per heavy atom. The third kappa shape index (κ3) is 4.87. The van der Waals surface area contributed by atoms with Crippen LogP contribution in [0.5, 0.6) is 0 Å². The van der Waals surface area contributed by atoms with Gasteiger partial charge in [-0.3, -0.25) is 4.79 Å². The second-order valence-electron chi connectivity index (χ2n) is 6.37. The van der Waals surface area contributed by atoms with Gasteiger partial charge in [-0.1, -0.05) is 32.9 Å². The molecule has 1 heterocycles. The van der Waals surface area contributed by atoms with Crippen LogP contribution in [0, 0.1) is 5.92 Å². The van der Waals surface area contributed by atoms with E-state index in [1.807, 2.05) is 25.1 Å². The van der Waals surface area contributed by atoms with E-state index in [1.54, 1.807) is 0 Å². The third-order valence-electron chi connectivity index (χ3n) is 4.18. The van der Waals surface area contributed by atoms with Crippen LogP contribution in [-0.4, -0.2) is 17.7 Å². The summed E-state index contributed by atoms with van der Waals surface area (Å²) < 4.78 is 5.31. The molecule has 1 amide bonds. The van der Waals surface area contributed by atoms with Gasteiger partial charge >= 0.3 is 5.63 Å². The molecule has 0 aliphatic rings. The third-order valence-corrected chi connectivity index (χ3v) is 5.16. The van der Waals surface area contributed by atoms with Crippen LogP contribution in [-0.2, 0) is 17.0 Å². The van der Waals surface area contributed by atoms with Crippen molar-refractivity contribution in [3.63, 3.8) is 0 Å². The molecule has 0 fully saturated rings. The van der Waals surface area contributed by atoms with Gasteiger partial charge in [0.25, 0.3) is 0 Å². The number of hydrogen-bond donors (Lipinski definition) is 1. The first-order chi connectivity index (χ1) is 11.4. The molecule has 0 saturated heterocycles. The van der Waals surface area contributed by atoms with Gasteiger partial charge in [0, 0.05) is 23.2 Å². The van der Waals surface area contributed by atoms with Crippen molar-refractivity contribution < 1.29 is 9.21 Å². The largest absolute Gasteiger partial charge is 0.423 e. The summed E-state index contributed by atoms with van der Waals surface area (Å²) in [4.78, 5) is 23.7. The standard InChI is InChI=1S/C19H25NO3S/c1-5-14-6-7-16-15(9-19(22)23-17(16)8-14)10-24-11-18(21)20-13(4)12(2)3/h6-9,12-13H,5,10-11H2,1-4H3,(H,20,21)/t13-/m0/s1. The fourth-order valence-electron chi connectivity index (χ4n) is 2.33. The van der Waals surface area contributed by atoms with Crippen LogP contribution < -0.4 is 10.9 Å². The number of carbonyl (C=O) groups is 1. The number of hydrogen-bond acceptors (Lipinski definition) is 4. The van der Waals surface area contributed by atoms with Crippen molar-refractivity contribution >= 4 is 28.6 Å². The van der Waals surface area contributed by atoms with Crippen molar-refractivity contribution in [3.05, 3.63) is 45.8 Å². The second-order valence-corrected chi connectivity index (χ2v) is 7.35. The molecule has 0 aliphatic heterocycles. The van der Waals surface area contributed by atoms with E-state index in [0.717, 1.165) is 22.9 Å². The summed E-state index contributed by atoms with van der Waals surface area (Å²) in [5.41, 5.74) is 2.33. The number of rotatable bonds is 7. The molecule has 0 bridgehead atoms. The molecule has 0 saturated carbocycles. The first-order valence-corrected chi connectivity index (χ1v) is 9.49. The van der Waals surface area contributed by atoms with Crippen LogP contribution in [0.1, 0.15) is 38.8 Å². The molecule has 5 heteroatoms. The van der Waals surface area contributed by atoms with Gasteiger partial charge < -0.3 is 9.73 Å². The summed E-state index contributed by atoms with van der Waals surface area (Å²) in [7, 11) is 0. The van der Waals surface area contributed by atoms with Gasteiger partial charge in [-0.15, -0.1) is 11.8 Å². The smallest absolute Gasteiger partial charge is 0.336 e. The monoisotopic (exact) mass is 347 g/mol. The number of carbonyl (C=O) groups excluding carboxylic acids is 1. The molecule has 4 nitrogen and oxygen atoms in total. The molecule has 0 radical (unpaired) electrons. The lowest BCUT2D eigenvalue weighted by molar-refractivity contribution is -0.119. The van der Waals surface area contributed by atoms with E-state index in [0.29, 0.717) is 23.0 Å². The summed E-state index contributed by atoms with van der Waals surface area (Å²) in [6.45, 7) is 8.24. The fourth-order valence-corrected chi connectivity index (χ4v) is 3.16. The minimum absolute atomic E-state index is 0.0294. The van der Waals surface area contributed by atoms with Crippen LogP contribution >= 0.6 is 11.8 Å². The highest BCUT2D eigenvalue weighted by Gasteiger charge is 2.12. The summed E-state index contributed by atoms with van der Waals surface area (Å²) in [5, 5.41) is 3.93. The van der Waals surface area contributed by atoms with Crippen molar-refractivity contribution in [1.29, 1.82) is 0 Å².